The van der Waals surface area contributed by atoms with Crippen LogP contribution in [0.15, 0.2) is 60.8 Å². The number of alkyl carbamates (subject to hydrolysis) is 1. The number of benzene rings is 2. The fourth-order valence-electron chi connectivity index (χ4n) is 4.02. The Balaban J connectivity index is 1.72. The second-order valence-corrected chi connectivity index (χ2v) is 9.32. The van der Waals surface area contributed by atoms with Crippen molar-refractivity contribution in [1.29, 1.82) is 0 Å². The third kappa shape index (κ3) is 9.70. The minimum Gasteiger partial charge on any atom is -0.445 e. The normalized spacial score (nSPS) is 12.2. The molecule has 0 radical (unpaired) electrons. The number of aliphatic hydroxyl groups excluding tert-OH is 1. The van der Waals surface area contributed by atoms with Crippen molar-refractivity contribution in [1.82, 2.24) is 25.6 Å². The van der Waals surface area contributed by atoms with Crippen LogP contribution in [0.1, 0.15) is 67.9 Å². The molecular formula is C28H37N7O5. The fraction of sp³-hybridized carbons (Fsp3) is 0.393. The molecule has 2 atom stereocenters. The van der Waals surface area contributed by atoms with Crippen molar-refractivity contribution in [2.45, 2.75) is 64.3 Å². The van der Waals surface area contributed by atoms with Crippen molar-refractivity contribution in [2.75, 3.05) is 11.9 Å². The molecule has 3 rings (SSSR count). The molecule has 0 bridgehead atoms. The summed E-state index contributed by atoms with van der Waals surface area (Å²) in [6.07, 6.45) is 4.25. The molecule has 0 aliphatic rings. The third-order valence-electron chi connectivity index (χ3n) is 6.22. The van der Waals surface area contributed by atoms with Crippen LogP contribution in [-0.4, -0.2) is 44.7 Å². The maximum Gasteiger partial charge on any atom is 0.408 e. The van der Waals surface area contributed by atoms with E-state index in [-0.39, 0.29) is 19.1 Å². The van der Waals surface area contributed by atoms with E-state index in [9.17, 15) is 19.5 Å². The highest BCUT2D eigenvalue weighted by atomic mass is 16.5. The van der Waals surface area contributed by atoms with Gasteiger partial charge in [-0.3, -0.25) is 4.79 Å². The van der Waals surface area contributed by atoms with Crippen molar-refractivity contribution in [3.63, 3.8) is 0 Å². The SMILES string of the molecule is CCCC[C@@H](NC(=O)OCc1ccccc1)c1cn([C@@H](CCCNC(N)=O)C(=O)Nc2ccc(CO)cc2)nn1. The monoisotopic (exact) mass is 551 g/mol. The van der Waals surface area contributed by atoms with Crippen LogP contribution < -0.4 is 21.7 Å². The number of anilines is 1. The molecule has 40 heavy (non-hydrogen) atoms. The van der Waals surface area contributed by atoms with Crippen molar-refractivity contribution in [2.24, 2.45) is 5.73 Å². The van der Waals surface area contributed by atoms with E-state index in [1.165, 1.54) is 4.68 Å². The zero-order valence-electron chi connectivity index (χ0n) is 22.6. The Morgan fingerprint density at radius 2 is 1.77 bits per heavy atom. The smallest absolute Gasteiger partial charge is 0.408 e. The number of primary amides is 1. The first-order valence-corrected chi connectivity index (χ1v) is 13.3. The molecule has 0 saturated heterocycles. The van der Waals surface area contributed by atoms with Gasteiger partial charge in [0.15, 0.2) is 0 Å². The average molecular weight is 552 g/mol. The standard InChI is InChI=1S/C28H37N7O5/c1-2-3-10-23(32-28(39)40-19-21-8-5-4-6-9-21)24-17-35(34-33-24)25(11-7-16-30-27(29)38)26(37)31-22-14-12-20(18-36)13-15-22/h4-6,8-9,12-15,17,23,25,36H,2-3,7,10-11,16,18-19H2,1H3,(H,31,37)(H,32,39)(H3,29,30,38)/t23-,25+/m1/s1. The Morgan fingerprint density at radius 3 is 2.45 bits per heavy atom. The summed E-state index contributed by atoms with van der Waals surface area (Å²) in [7, 11) is 0. The third-order valence-corrected chi connectivity index (χ3v) is 6.22. The first-order valence-electron chi connectivity index (χ1n) is 13.3. The minimum absolute atomic E-state index is 0.0987. The van der Waals surface area contributed by atoms with Gasteiger partial charge in [0.1, 0.15) is 18.3 Å². The second-order valence-electron chi connectivity index (χ2n) is 9.32. The van der Waals surface area contributed by atoms with E-state index in [2.05, 4.69) is 33.2 Å². The number of nitrogens with two attached hydrogens (primary N) is 1. The number of rotatable bonds is 15. The molecule has 0 aliphatic carbocycles. The summed E-state index contributed by atoms with van der Waals surface area (Å²) in [5.41, 5.74) is 7.82. The molecular weight excluding hydrogens is 514 g/mol. The van der Waals surface area contributed by atoms with Crippen LogP contribution in [0.3, 0.4) is 0 Å². The van der Waals surface area contributed by atoms with E-state index in [1.54, 1.807) is 30.5 Å². The molecule has 6 N–H and O–H groups in total. The molecule has 0 aliphatic heterocycles. The Kier molecular flexibility index (Phi) is 11.9. The average Bonchev–Trinajstić information content (AvgIpc) is 3.44. The number of aliphatic hydroxyl groups is 1. The fourth-order valence-corrected chi connectivity index (χ4v) is 4.02. The van der Waals surface area contributed by atoms with Gasteiger partial charge in [-0.05, 0) is 42.5 Å². The maximum absolute atomic E-state index is 13.3. The van der Waals surface area contributed by atoms with Gasteiger partial charge >= 0.3 is 12.1 Å². The summed E-state index contributed by atoms with van der Waals surface area (Å²) < 4.78 is 6.86. The molecule has 4 amide bonds. The van der Waals surface area contributed by atoms with Crippen LogP contribution in [-0.2, 0) is 22.7 Å². The van der Waals surface area contributed by atoms with Gasteiger partial charge in [0, 0.05) is 12.2 Å². The van der Waals surface area contributed by atoms with Crippen molar-refractivity contribution >= 4 is 23.7 Å². The van der Waals surface area contributed by atoms with Gasteiger partial charge < -0.3 is 31.5 Å². The van der Waals surface area contributed by atoms with E-state index in [4.69, 9.17) is 10.5 Å². The zero-order chi connectivity index (χ0) is 28.7. The number of hydrogen-bond donors (Lipinski definition) is 5. The largest absolute Gasteiger partial charge is 0.445 e. The number of ether oxygens (including phenoxy) is 1. The predicted octanol–water partition coefficient (Wildman–Crippen LogP) is 3.56. The summed E-state index contributed by atoms with van der Waals surface area (Å²) >= 11 is 0. The Labute approximate surface area is 233 Å². The van der Waals surface area contributed by atoms with Gasteiger partial charge in [0.2, 0.25) is 5.91 Å². The summed E-state index contributed by atoms with van der Waals surface area (Å²) in [4.78, 5) is 36.9. The van der Waals surface area contributed by atoms with Crippen LogP contribution in [0, 0.1) is 0 Å². The van der Waals surface area contributed by atoms with Crippen molar-refractivity contribution in [3.05, 3.63) is 77.6 Å². The first kappa shape index (κ1) is 30.1. The Bertz CT molecular complexity index is 1220. The molecule has 3 aromatic rings. The van der Waals surface area contributed by atoms with E-state index in [1.807, 2.05) is 30.3 Å². The Morgan fingerprint density at radius 1 is 1.02 bits per heavy atom. The number of amides is 4. The summed E-state index contributed by atoms with van der Waals surface area (Å²) in [5.74, 6) is -0.326. The number of aromatic nitrogens is 3. The molecule has 2 aromatic carbocycles. The quantitative estimate of drug-likeness (QED) is 0.180. The summed E-state index contributed by atoms with van der Waals surface area (Å²) in [6.45, 7) is 2.38. The molecule has 0 unspecified atom stereocenters. The summed E-state index contributed by atoms with van der Waals surface area (Å²) in [6, 6.07) is 14.4. The number of carbonyl (C=O) groups excluding carboxylic acids is 3. The van der Waals surface area contributed by atoms with Gasteiger partial charge in [0.05, 0.1) is 18.8 Å². The molecule has 0 saturated carbocycles. The van der Waals surface area contributed by atoms with Crippen LogP contribution in [0.5, 0.6) is 0 Å². The van der Waals surface area contributed by atoms with Crippen LogP contribution >= 0.6 is 0 Å². The van der Waals surface area contributed by atoms with Gasteiger partial charge in [-0.15, -0.1) is 5.10 Å². The highest BCUT2D eigenvalue weighted by Gasteiger charge is 2.25. The van der Waals surface area contributed by atoms with E-state index in [0.717, 1.165) is 24.0 Å². The lowest BCUT2D eigenvalue weighted by Crippen LogP contribution is -2.32. The van der Waals surface area contributed by atoms with E-state index in [0.29, 0.717) is 37.2 Å². The lowest BCUT2D eigenvalue weighted by molar-refractivity contribution is -0.119. The maximum atomic E-state index is 13.3. The Hall–Kier alpha value is -4.45. The lowest BCUT2D eigenvalue weighted by atomic mass is 10.1. The topological polar surface area (TPSA) is 173 Å². The lowest BCUT2D eigenvalue weighted by Gasteiger charge is -2.18. The number of carbonyl (C=O) groups is 3. The zero-order valence-corrected chi connectivity index (χ0v) is 22.6. The van der Waals surface area contributed by atoms with E-state index < -0.39 is 24.2 Å². The minimum atomic E-state index is -0.745. The molecule has 0 spiro atoms. The van der Waals surface area contributed by atoms with Gasteiger partial charge in [-0.1, -0.05) is 67.4 Å². The molecule has 214 valence electrons. The van der Waals surface area contributed by atoms with Gasteiger partial charge in [0.25, 0.3) is 0 Å². The molecule has 1 heterocycles. The number of nitrogens with one attached hydrogen (secondary N) is 3. The number of unbranched alkanes of at least 4 members (excludes halogenated alkanes) is 1. The van der Waals surface area contributed by atoms with Crippen LogP contribution in [0.25, 0.3) is 0 Å². The van der Waals surface area contributed by atoms with E-state index >= 15 is 0 Å². The number of hydrogen-bond acceptors (Lipinski definition) is 7. The first-order chi connectivity index (χ1) is 19.4. The molecule has 12 heteroatoms. The molecule has 1 aromatic heterocycles. The summed E-state index contributed by atoms with van der Waals surface area (Å²) in [5, 5.41) is 26.0. The van der Waals surface area contributed by atoms with Crippen molar-refractivity contribution < 1.29 is 24.2 Å². The van der Waals surface area contributed by atoms with Crippen LogP contribution in [0.2, 0.25) is 0 Å². The number of urea groups is 1. The van der Waals surface area contributed by atoms with Crippen molar-refractivity contribution in [3.8, 4) is 0 Å². The molecule has 12 nitrogen and oxygen atoms in total. The van der Waals surface area contributed by atoms with Gasteiger partial charge in [-0.2, -0.15) is 0 Å². The predicted molar refractivity (Wildman–Crippen MR) is 149 cm³/mol. The second kappa shape index (κ2) is 15.8. The van der Waals surface area contributed by atoms with Crippen LogP contribution in [0.4, 0.5) is 15.3 Å². The number of nitrogens with zero attached hydrogens (tertiary/aromatic N) is 3. The highest BCUT2D eigenvalue weighted by Crippen LogP contribution is 2.22. The highest BCUT2D eigenvalue weighted by molar-refractivity contribution is 5.93. The molecule has 0 fully saturated rings. The van der Waals surface area contributed by atoms with Gasteiger partial charge in [-0.25, -0.2) is 14.3 Å².